The number of nitrogens with zero attached hydrogens (tertiary/aromatic N) is 2. The number of para-hydroxylation sites is 1. The van der Waals surface area contributed by atoms with E-state index < -0.39 is 0 Å². The van der Waals surface area contributed by atoms with E-state index in [4.69, 9.17) is 0 Å². The normalized spacial score (nSPS) is 10.8. The molecule has 0 aliphatic heterocycles. The predicted molar refractivity (Wildman–Crippen MR) is 77.3 cm³/mol. The van der Waals surface area contributed by atoms with Crippen LogP contribution in [0.15, 0.2) is 42.9 Å². The molecular weight excluding hydrogens is 236 g/mol. The molecule has 0 aliphatic rings. The van der Waals surface area contributed by atoms with Crippen molar-refractivity contribution in [3.05, 3.63) is 54.1 Å². The fourth-order valence-corrected chi connectivity index (χ4v) is 2.14. The van der Waals surface area contributed by atoms with Crippen molar-refractivity contribution in [3.8, 4) is 0 Å². The number of nitrogens with one attached hydrogen (secondary N) is 2. The van der Waals surface area contributed by atoms with Gasteiger partial charge >= 0.3 is 0 Å². The molecule has 19 heavy (non-hydrogen) atoms. The van der Waals surface area contributed by atoms with Crippen LogP contribution in [0.25, 0.3) is 10.9 Å². The topological polar surface area (TPSA) is 53.6 Å². The van der Waals surface area contributed by atoms with Gasteiger partial charge in [0, 0.05) is 30.2 Å². The molecule has 0 amide bonds. The number of aromatic nitrogens is 3. The van der Waals surface area contributed by atoms with E-state index in [0.717, 1.165) is 30.0 Å². The summed E-state index contributed by atoms with van der Waals surface area (Å²) in [5.74, 6) is 0.957. The molecule has 0 atom stereocenters. The third-order valence-electron chi connectivity index (χ3n) is 3.16. The minimum Gasteiger partial charge on any atom is -0.369 e. The minimum atomic E-state index is 0.842. The molecule has 2 N–H and O–H groups in total. The van der Waals surface area contributed by atoms with Crippen LogP contribution in [0, 0.1) is 6.92 Å². The second kappa shape index (κ2) is 5.10. The van der Waals surface area contributed by atoms with Gasteiger partial charge in [-0.1, -0.05) is 18.2 Å². The van der Waals surface area contributed by atoms with Crippen LogP contribution in [0.4, 0.5) is 5.82 Å². The first-order valence-electron chi connectivity index (χ1n) is 6.40. The number of fused-ring (bicyclic) bond motifs is 1. The van der Waals surface area contributed by atoms with Gasteiger partial charge in [-0.15, -0.1) is 0 Å². The maximum atomic E-state index is 4.66. The molecule has 1 aromatic carbocycles. The van der Waals surface area contributed by atoms with Gasteiger partial charge in [-0.2, -0.15) is 0 Å². The van der Waals surface area contributed by atoms with Gasteiger partial charge < -0.3 is 10.3 Å². The van der Waals surface area contributed by atoms with Gasteiger partial charge in [0.1, 0.15) is 5.82 Å². The van der Waals surface area contributed by atoms with Gasteiger partial charge in [-0.3, -0.25) is 0 Å². The fourth-order valence-electron chi connectivity index (χ4n) is 2.14. The lowest BCUT2D eigenvalue weighted by atomic mass is 10.1. The maximum absolute atomic E-state index is 4.66. The zero-order chi connectivity index (χ0) is 13.1. The highest BCUT2D eigenvalue weighted by Gasteiger charge is 2.02. The number of rotatable bonds is 4. The summed E-state index contributed by atoms with van der Waals surface area (Å²) in [6, 6.07) is 10.3. The second-order valence-corrected chi connectivity index (χ2v) is 4.60. The van der Waals surface area contributed by atoms with Gasteiger partial charge in [0.25, 0.3) is 0 Å². The molecule has 4 nitrogen and oxygen atoms in total. The molecule has 2 aromatic heterocycles. The molecule has 4 heteroatoms. The first kappa shape index (κ1) is 11.7. The number of pyridine rings is 1. The molecular formula is C15H16N4. The quantitative estimate of drug-likeness (QED) is 0.750. The number of anilines is 1. The Morgan fingerprint density at radius 1 is 1.26 bits per heavy atom. The molecule has 0 saturated heterocycles. The summed E-state index contributed by atoms with van der Waals surface area (Å²) in [5.41, 5.74) is 3.33. The Labute approximate surface area is 111 Å². The molecule has 96 valence electrons. The highest BCUT2D eigenvalue weighted by atomic mass is 15.0. The standard InChI is InChI=1S/C15H16N4/c1-11-8-12-4-2-3-5-14(12)19-15(11)17-7-6-13-9-16-10-18-13/h2-5,8-10H,6-7H2,1H3,(H,16,18)(H,17,19). The Balaban J connectivity index is 1.75. The Morgan fingerprint density at radius 2 is 2.16 bits per heavy atom. The van der Waals surface area contributed by atoms with E-state index in [-0.39, 0.29) is 0 Å². The first-order valence-corrected chi connectivity index (χ1v) is 6.40. The average molecular weight is 252 g/mol. The van der Waals surface area contributed by atoms with Crippen LogP contribution < -0.4 is 5.32 Å². The Morgan fingerprint density at radius 3 is 3.00 bits per heavy atom. The highest BCUT2D eigenvalue weighted by Crippen LogP contribution is 2.19. The summed E-state index contributed by atoms with van der Waals surface area (Å²) in [7, 11) is 0. The molecule has 0 unspecified atom stereocenters. The Hall–Kier alpha value is -2.36. The molecule has 3 rings (SSSR count). The zero-order valence-electron chi connectivity index (χ0n) is 10.9. The fraction of sp³-hybridized carbons (Fsp3) is 0.200. The van der Waals surface area contributed by atoms with Crippen molar-refractivity contribution in [2.75, 3.05) is 11.9 Å². The lowest BCUT2D eigenvalue weighted by Gasteiger charge is -2.09. The molecule has 0 aliphatic carbocycles. The molecule has 0 spiro atoms. The molecule has 0 radical (unpaired) electrons. The summed E-state index contributed by atoms with van der Waals surface area (Å²) in [6.07, 6.45) is 4.46. The summed E-state index contributed by atoms with van der Waals surface area (Å²) in [6.45, 7) is 2.92. The summed E-state index contributed by atoms with van der Waals surface area (Å²) in [5, 5.41) is 4.56. The predicted octanol–water partition coefficient (Wildman–Crippen LogP) is 2.92. The van der Waals surface area contributed by atoms with Crippen LogP contribution in [0.3, 0.4) is 0 Å². The van der Waals surface area contributed by atoms with Gasteiger partial charge in [-0.05, 0) is 24.6 Å². The van der Waals surface area contributed by atoms with E-state index in [2.05, 4.69) is 39.3 Å². The van der Waals surface area contributed by atoms with Gasteiger partial charge in [-0.25, -0.2) is 9.97 Å². The zero-order valence-corrected chi connectivity index (χ0v) is 10.9. The van der Waals surface area contributed by atoms with E-state index in [0.29, 0.717) is 0 Å². The largest absolute Gasteiger partial charge is 0.369 e. The lowest BCUT2D eigenvalue weighted by molar-refractivity contribution is 0.967. The smallest absolute Gasteiger partial charge is 0.129 e. The van der Waals surface area contributed by atoms with Crippen molar-refractivity contribution in [3.63, 3.8) is 0 Å². The second-order valence-electron chi connectivity index (χ2n) is 4.60. The molecule has 2 heterocycles. The Bertz CT molecular complexity index is 674. The van der Waals surface area contributed by atoms with Crippen LogP contribution in [0.1, 0.15) is 11.3 Å². The lowest BCUT2D eigenvalue weighted by Crippen LogP contribution is -2.08. The Kier molecular flexibility index (Phi) is 3.14. The van der Waals surface area contributed by atoms with Crippen molar-refractivity contribution in [2.45, 2.75) is 13.3 Å². The van der Waals surface area contributed by atoms with E-state index >= 15 is 0 Å². The number of imidazole rings is 1. The summed E-state index contributed by atoms with van der Waals surface area (Å²) in [4.78, 5) is 11.8. The average Bonchev–Trinajstić information content (AvgIpc) is 2.92. The molecule has 3 aromatic rings. The van der Waals surface area contributed by atoms with E-state index in [1.54, 1.807) is 6.33 Å². The van der Waals surface area contributed by atoms with Gasteiger partial charge in [0.15, 0.2) is 0 Å². The molecule has 0 bridgehead atoms. The van der Waals surface area contributed by atoms with Crippen LogP contribution >= 0.6 is 0 Å². The third kappa shape index (κ3) is 2.57. The third-order valence-corrected chi connectivity index (χ3v) is 3.16. The van der Waals surface area contributed by atoms with Crippen LogP contribution in [0.5, 0.6) is 0 Å². The number of aromatic amines is 1. The van der Waals surface area contributed by atoms with Crippen LogP contribution in [-0.2, 0) is 6.42 Å². The van der Waals surface area contributed by atoms with E-state index in [1.807, 2.05) is 24.4 Å². The minimum absolute atomic E-state index is 0.842. The van der Waals surface area contributed by atoms with E-state index in [1.165, 1.54) is 10.9 Å². The van der Waals surface area contributed by atoms with Crippen molar-refractivity contribution in [1.82, 2.24) is 15.0 Å². The number of hydrogen-bond acceptors (Lipinski definition) is 3. The van der Waals surface area contributed by atoms with Crippen molar-refractivity contribution in [2.24, 2.45) is 0 Å². The summed E-state index contributed by atoms with van der Waals surface area (Å²) >= 11 is 0. The monoisotopic (exact) mass is 252 g/mol. The summed E-state index contributed by atoms with van der Waals surface area (Å²) < 4.78 is 0. The molecule has 0 fully saturated rings. The van der Waals surface area contributed by atoms with Gasteiger partial charge in [0.2, 0.25) is 0 Å². The van der Waals surface area contributed by atoms with E-state index in [9.17, 15) is 0 Å². The van der Waals surface area contributed by atoms with Crippen molar-refractivity contribution in [1.29, 1.82) is 0 Å². The van der Waals surface area contributed by atoms with Crippen LogP contribution in [-0.4, -0.2) is 21.5 Å². The molecule has 0 saturated carbocycles. The highest BCUT2D eigenvalue weighted by molar-refractivity contribution is 5.81. The number of benzene rings is 1. The first-order chi connectivity index (χ1) is 9.33. The number of aryl methyl sites for hydroxylation is 1. The number of hydrogen-bond donors (Lipinski definition) is 2. The van der Waals surface area contributed by atoms with Crippen LogP contribution in [0.2, 0.25) is 0 Å². The SMILES string of the molecule is Cc1cc2ccccc2nc1NCCc1cnc[nH]1. The van der Waals surface area contributed by atoms with Crippen molar-refractivity contribution < 1.29 is 0 Å². The maximum Gasteiger partial charge on any atom is 0.129 e. The van der Waals surface area contributed by atoms with Gasteiger partial charge in [0.05, 0.1) is 11.8 Å². The number of H-pyrrole nitrogens is 1. The van der Waals surface area contributed by atoms with Crippen molar-refractivity contribution >= 4 is 16.7 Å².